The molecule has 1 aliphatic carbocycles. The molecule has 0 unspecified atom stereocenters. The summed E-state index contributed by atoms with van der Waals surface area (Å²) >= 11 is 0. The molecule has 8 heteroatoms. The molecule has 0 aromatic rings. The maximum absolute atomic E-state index is 12.2. The van der Waals surface area contributed by atoms with Gasteiger partial charge in [-0.3, -0.25) is 4.79 Å². The number of carbonyl (C=O) groups is 2. The number of nitrogens with zero attached hydrogens (tertiary/aromatic N) is 1. The molecule has 0 aliphatic heterocycles. The highest BCUT2D eigenvalue weighted by Crippen LogP contribution is 2.26. The van der Waals surface area contributed by atoms with Gasteiger partial charge in [-0.2, -0.15) is 13.2 Å². The molecule has 2 amide bonds. The highest BCUT2D eigenvalue weighted by Gasteiger charge is 2.43. The molecule has 0 saturated heterocycles. The van der Waals surface area contributed by atoms with E-state index < -0.39 is 24.2 Å². The van der Waals surface area contributed by atoms with E-state index in [-0.39, 0.29) is 6.04 Å². The lowest BCUT2D eigenvalue weighted by Gasteiger charge is -2.34. The van der Waals surface area contributed by atoms with Crippen LogP contribution in [0.1, 0.15) is 25.7 Å². The molecule has 1 fully saturated rings. The fourth-order valence-corrected chi connectivity index (χ4v) is 2.15. The molecule has 18 heavy (non-hydrogen) atoms. The number of hydrogen-bond donors (Lipinski definition) is 2. The van der Waals surface area contributed by atoms with Gasteiger partial charge in [0.05, 0.1) is 0 Å². The zero-order valence-corrected chi connectivity index (χ0v) is 9.83. The van der Waals surface area contributed by atoms with Gasteiger partial charge in [-0.05, 0) is 25.7 Å². The van der Waals surface area contributed by atoms with Gasteiger partial charge in [0.2, 0.25) is 0 Å². The van der Waals surface area contributed by atoms with Gasteiger partial charge in [0.25, 0.3) is 0 Å². The highest BCUT2D eigenvalue weighted by atomic mass is 19.4. The van der Waals surface area contributed by atoms with E-state index in [9.17, 15) is 22.8 Å². The zero-order valence-electron chi connectivity index (χ0n) is 9.83. The maximum atomic E-state index is 12.2. The Morgan fingerprint density at radius 3 is 2.11 bits per heavy atom. The molecule has 2 N–H and O–H groups in total. The normalized spacial score (nSPS) is 24.4. The Morgan fingerprint density at radius 1 is 1.22 bits per heavy atom. The number of carbonyl (C=O) groups excluding carboxylic acids is 1. The Kier molecular flexibility index (Phi) is 4.42. The summed E-state index contributed by atoms with van der Waals surface area (Å²) in [5.74, 6) is -1.85. The van der Waals surface area contributed by atoms with Crippen molar-refractivity contribution in [2.24, 2.45) is 0 Å². The van der Waals surface area contributed by atoms with E-state index in [0.717, 1.165) is 7.05 Å². The second-order valence-electron chi connectivity index (χ2n) is 4.37. The lowest BCUT2D eigenvalue weighted by molar-refractivity contribution is -0.186. The van der Waals surface area contributed by atoms with E-state index in [1.807, 2.05) is 0 Å². The van der Waals surface area contributed by atoms with Crippen molar-refractivity contribution in [2.45, 2.75) is 43.9 Å². The number of alkyl halides is 3. The molecule has 0 atom stereocenters. The van der Waals surface area contributed by atoms with E-state index in [2.05, 4.69) is 5.32 Å². The molecule has 1 rings (SSSR count). The molecule has 104 valence electrons. The van der Waals surface area contributed by atoms with Gasteiger partial charge < -0.3 is 15.3 Å². The molecule has 0 radical (unpaired) electrons. The molecule has 0 aromatic heterocycles. The third-order valence-corrected chi connectivity index (χ3v) is 3.13. The van der Waals surface area contributed by atoms with Crippen LogP contribution in [0.2, 0.25) is 0 Å². The molecule has 1 aliphatic rings. The van der Waals surface area contributed by atoms with Crippen molar-refractivity contribution >= 4 is 12.0 Å². The number of amides is 2. The van der Waals surface area contributed by atoms with Crippen molar-refractivity contribution in [1.29, 1.82) is 0 Å². The number of nitrogens with one attached hydrogen (secondary N) is 1. The monoisotopic (exact) mass is 268 g/mol. The Balaban J connectivity index is 2.48. The number of hydrogen-bond acceptors (Lipinski definition) is 2. The van der Waals surface area contributed by atoms with Crippen LogP contribution in [0, 0.1) is 0 Å². The third-order valence-electron chi connectivity index (χ3n) is 3.13. The van der Waals surface area contributed by atoms with Crippen LogP contribution in [-0.2, 0) is 4.79 Å². The van der Waals surface area contributed by atoms with E-state index in [4.69, 9.17) is 5.11 Å². The van der Waals surface area contributed by atoms with Crippen molar-refractivity contribution < 1.29 is 27.9 Å². The molecule has 0 spiro atoms. The third kappa shape index (κ3) is 3.78. The molecule has 0 aromatic carbocycles. The van der Waals surface area contributed by atoms with Crippen LogP contribution in [0.15, 0.2) is 0 Å². The van der Waals surface area contributed by atoms with Gasteiger partial charge in [0.1, 0.15) is 0 Å². The molecular weight excluding hydrogens is 253 g/mol. The second kappa shape index (κ2) is 5.45. The minimum atomic E-state index is -4.86. The van der Waals surface area contributed by atoms with E-state index in [1.165, 1.54) is 0 Å². The smallest absolute Gasteiger partial charge is 0.465 e. The maximum Gasteiger partial charge on any atom is 0.471 e. The van der Waals surface area contributed by atoms with E-state index in [0.29, 0.717) is 30.6 Å². The zero-order chi connectivity index (χ0) is 13.9. The molecule has 1 saturated carbocycles. The first-order valence-corrected chi connectivity index (χ1v) is 5.55. The topological polar surface area (TPSA) is 69.6 Å². The minimum absolute atomic E-state index is 0.242. The lowest BCUT2D eigenvalue weighted by Crippen LogP contribution is -2.48. The van der Waals surface area contributed by atoms with Crippen LogP contribution in [-0.4, -0.2) is 47.3 Å². The van der Waals surface area contributed by atoms with Gasteiger partial charge in [-0.15, -0.1) is 0 Å². The summed E-state index contributed by atoms with van der Waals surface area (Å²) < 4.78 is 36.7. The fourth-order valence-electron chi connectivity index (χ4n) is 2.15. The Labute approximate surface area is 102 Å². The first-order chi connectivity index (χ1) is 8.21. The summed E-state index contributed by atoms with van der Waals surface area (Å²) in [6, 6.07) is -0.723. The van der Waals surface area contributed by atoms with Gasteiger partial charge in [-0.25, -0.2) is 4.79 Å². The Morgan fingerprint density at radius 2 is 1.72 bits per heavy atom. The average Bonchev–Trinajstić information content (AvgIpc) is 2.26. The standard InChI is InChI=1S/C10H15F3N2O3/c1-15(8(16)10(11,12)13)7-4-2-6(3-5-7)14-9(17)18/h6-7,14H,2-5H2,1H3,(H,17,18)/t6-,7+. The van der Waals surface area contributed by atoms with Crippen molar-refractivity contribution in [1.82, 2.24) is 10.2 Å². The largest absolute Gasteiger partial charge is 0.471 e. The predicted molar refractivity (Wildman–Crippen MR) is 56.0 cm³/mol. The first-order valence-electron chi connectivity index (χ1n) is 5.55. The van der Waals surface area contributed by atoms with Crippen molar-refractivity contribution in [2.75, 3.05) is 7.05 Å². The summed E-state index contributed by atoms with van der Waals surface area (Å²) in [6.45, 7) is 0. The van der Waals surface area contributed by atoms with Crippen molar-refractivity contribution in [3.05, 3.63) is 0 Å². The van der Waals surface area contributed by atoms with Crippen LogP contribution in [0.3, 0.4) is 0 Å². The summed E-state index contributed by atoms with van der Waals surface area (Å²) in [5.41, 5.74) is 0. The van der Waals surface area contributed by atoms with Gasteiger partial charge >= 0.3 is 18.2 Å². The van der Waals surface area contributed by atoms with Crippen LogP contribution >= 0.6 is 0 Å². The summed E-state index contributed by atoms with van der Waals surface area (Å²) in [5, 5.41) is 10.8. The highest BCUT2D eigenvalue weighted by molar-refractivity contribution is 5.81. The van der Waals surface area contributed by atoms with Crippen LogP contribution in [0.5, 0.6) is 0 Å². The number of rotatable bonds is 2. The van der Waals surface area contributed by atoms with Gasteiger partial charge in [-0.1, -0.05) is 0 Å². The van der Waals surface area contributed by atoms with Crippen LogP contribution in [0.4, 0.5) is 18.0 Å². The predicted octanol–water partition coefficient (Wildman–Crippen LogP) is 1.59. The second-order valence-corrected chi connectivity index (χ2v) is 4.37. The first kappa shape index (κ1) is 14.6. The number of carboxylic acid groups (broad SMARTS) is 1. The van der Waals surface area contributed by atoms with Crippen molar-refractivity contribution in [3.8, 4) is 0 Å². The lowest BCUT2D eigenvalue weighted by atomic mass is 9.90. The molecule has 5 nitrogen and oxygen atoms in total. The van der Waals surface area contributed by atoms with Gasteiger partial charge in [0.15, 0.2) is 0 Å². The van der Waals surface area contributed by atoms with Gasteiger partial charge in [0, 0.05) is 19.1 Å². The van der Waals surface area contributed by atoms with E-state index in [1.54, 1.807) is 0 Å². The van der Waals surface area contributed by atoms with Crippen molar-refractivity contribution in [3.63, 3.8) is 0 Å². The average molecular weight is 268 g/mol. The van der Waals surface area contributed by atoms with Crippen LogP contribution in [0.25, 0.3) is 0 Å². The summed E-state index contributed by atoms with van der Waals surface area (Å²) in [6.07, 6.45) is -4.39. The van der Waals surface area contributed by atoms with E-state index >= 15 is 0 Å². The Hall–Kier alpha value is -1.47. The Bertz CT molecular complexity index is 325. The molecule has 0 bridgehead atoms. The summed E-state index contributed by atoms with van der Waals surface area (Å²) in [4.78, 5) is 22.1. The molecular formula is C10H15F3N2O3. The van der Waals surface area contributed by atoms with Crippen LogP contribution < -0.4 is 5.32 Å². The molecule has 0 heterocycles. The quantitative estimate of drug-likeness (QED) is 0.799. The fraction of sp³-hybridized carbons (Fsp3) is 0.800. The minimum Gasteiger partial charge on any atom is -0.465 e. The number of halogens is 3. The SMILES string of the molecule is CN(C(=O)C(F)(F)F)[C@H]1CC[C@@H](NC(=O)O)CC1. The summed E-state index contributed by atoms with van der Waals surface area (Å²) in [7, 11) is 1.13.